The molecule has 5 heteroatoms. The second-order valence-corrected chi connectivity index (χ2v) is 4.10. The Labute approximate surface area is 129 Å². The van der Waals surface area contributed by atoms with Crippen molar-refractivity contribution in [1.29, 1.82) is 0 Å². The van der Waals surface area contributed by atoms with Gasteiger partial charge in [-0.2, -0.15) is 0 Å². The molecular weight excluding hydrogens is 281 g/mol. The minimum atomic E-state index is 0. The molecule has 16 heavy (non-hydrogen) atoms. The minimum absolute atomic E-state index is 0. The van der Waals surface area contributed by atoms with E-state index in [0.29, 0.717) is 6.61 Å². The van der Waals surface area contributed by atoms with Crippen LogP contribution in [0.15, 0.2) is 0 Å². The first-order valence-electron chi connectivity index (χ1n) is 5.28. The summed E-state index contributed by atoms with van der Waals surface area (Å²) in [5.74, 6) is 1.45. The molecule has 0 aliphatic rings. The van der Waals surface area contributed by atoms with E-state index in [1.807, 2.05) is 6.92 Å². The van der Waals surface area contributed by atoms with Gasteiger partial charge in [0.05, 0.1) is 0 Å². The van der Waals surface area contributed by atoms with Crippen LogP contribution >= 0.6 is 24.8 Å². The average Bonchev–Trinajstić information content (AvgIpc) is 2.03. The number of aliphatic hydroxyl groups is 1. The standard InChI is InChI=1S/C8H18N.C3H8O.2ClH.Ti/c1-7(2)5-9-6-8(3)4;1-2-3-4;;;/h7-8H,5-6H2,1-4H3;4H,2-3H2,1H3;2*1H;/q-1;;;;. The van der Waals surface area contributed by atoms with Crippen molar-refractivity contribution >= 4 is 24.8 Å². The van der Waals surface area contributed by atoms with E-state index < -0.39 is 0 Å². The van der Waals surface area contributed by atoms with Crippen molar-refractivity contribution in [2.24, 2.45) is 11.8 Å². The Morgan fingerprint density at radius 1 is 0.938 bits per heavy atom. The maximum Gasteiger partial charge on any atom is 0.0428 e. The van der Waals surface area contributed by atoms with Crippen LogP contribution in [-0.4, -0.2) is 24.8 Å². The molecule has 0 unspecified atom stereocenters. The predicted octanol–water partition coefficient (Wildman–Crippen LogP) is 3.90. The van der Waals surface area contributed by atoms with E-state index in [-0.39, 0.29) is 46.5 Å². The van der Waals surface area contributed by atoms with Crippen molar-refractivity contribution in [3.63, 3.8) is 0 Å². The van der Waals surface area contributed by atoms with Gasteiger partial charge in [-0.3, -0.25) is 0 Å². The number of rotatable bonds is 5. The molecule has 0 fully saturated rings. The van der Waals surface area contributed by atoms with Gasteiger partial charge in [0.2, 0.25) is 0 Å². The van der Waals surface area contributed by atoms with Crippen LogP contribution in [0.2, 0.25) is 0 Å². The van der Waals surface area contributed by atoms with Crippen LogP contribution in [0.5, 0.6) is 0 Å². The molecule has 0 aromatic heterocycles. The number of hydrogen-bond donors (Lipinski definition) is 1. The first-order chi connectivity index (χ1) is 6.04. The zero-order chi connectivity index (χ0) is 10.7. The number of nitrogens with zero attached hydrogens (tertiary/aromatic N) is 1. The Balaban J connectivity index is -0.0000000511. The molecule has 0 spiro atoms. The summed E-state index contributed by atoms with van der Waals surface area (Å²) in [6, 6.07) is 0. The molecule has 0 radical (unpaired) electrons. The van der Waals surface area contributed by atoms with Gasteiger partial charge in [0.1, 0.15) is 0 Å². The zero-order valence-electron chi connectivity index (χ0n) is 11.2. The van der Waals surface area contributed by atoms with Crippen LogP contribution in [0.25, 0.3) is 5.32 Å². The summed E-state index contributed by atoms with van der Waals surface area (Å²) < 4.78 is 0. The molecular formula is C11H28Cl2NOTi-. The molecule has 0 heterocycles. The van der Waals surface area contributed by atoms with Crippen molar-refractivity contribution in [2.75, 3.05) is 19.7 Å². The molecule has 2 nitrogen and oxygen atoms in total. The summed E-state index contributed by atoms with van der Waals surface area (Å²) in [4.78, 5) is 0. The van der Waals surface area contributed by atoms with Crippen molar-refractivity contribution < 1.29 is 26.8 Å². The molecule has 0 saturated heterocycles. The summed E-state index contributed by atoms with van der Waals surface area (Å²) in [5, 5.41) is 12.2. The van der Waals surface area contributed by atoms with Crippen LogP contribution in [0, 0.1) is 11.8 Å². The summed E-state index contributed by atoms with van der Waals surface area (Å²) in [7, 11) is 0. The second kappa shape index (κ2) is 25.2. The fraction of sp³-hybridized carbons (Fsp3) is 1.00. The smallest absolute Gasteiger partial charge is 0.0428 e. The van der Waals surface area contributed by atoms with Gasteiger partial charge < -0.3 is 10.4 Å². The van der Waals surface area contributed by atoms with Crippen LogP contribution in [0.1, 0.15) is 41.0 Å². The largest absolute Gasteiger partial charge is 0.662 e. The number of hydrogen-bond acceptors (Lipinski definition) is 1. The third-order valence-electron chi connectivity index (χ3n) is 1.21. The van der Waals surface area contributed by atoms with Crippen molar-refractivity contribution in [2.45, 2.75) is 41.0 Å². The van der Waals surface area contributed by atoms with Gasteiger partial charge in [0, 0.05) is 28.3 Å². The third kappa shape index (κ3) is 45.6. The van der Waals surface area contributed by atoms with Crippen molar-refractivity contribution in [1.82, 2.24) is 0 Å². The number of halogens is 2. The SMILES string of the molecule is CC(C)C[N-]CC(C)C.CCCO.Cl.Cl.[Ti]. The predicted molar refractivity (Wildman–Crippen MR) is 74.6 cm³/mol. The molecule has 0 rings (SSSR count). The molecule has 0 aliphatic carbocycles. The molecule has 0 aromatic carbocycles. The second-order valence-electron chi connectivity index (χ2n) is 4.10. The van der Waals surface area contributed by atoms with Gasteiger partial charge in [0.15, 0.2) is 0 Å². The summed E-state index contributed by atoms with van der Waals surface area (Å²) >= 11 is 0. The Bertz CT molecular complexity index is 86.1. The van der Waals surface area contributed by atoms with Crippen LogP contribution in [0.4, 0.5) is 0 Å². The average molecular weight is 309 g/mol. The van der Waals surface area contributed by atoms with Crippen molar-refractivity contribution in [3.8, 4) is 0 Å². The zero-order valence-corrected chi connectivity index (χ0v) is 14.4. The first-order valence-corrected chi connectivity index (χ1v) is 5.28. The Morgan fingerprint density at radius 2 is 1.19 bits per heavy atom. The Morgan fingerprint density at radius 3 is 1.31 bits per heavy atom. The molecule has 0 aliphatic heterocycles. The van der Waals surface area contributed by atoms with E-state index in [2.05, 4.69) is 33.0 Å². The monoisotopic (exact) mass is 308 g/mol. The Kier molecular flexibility index (Phi) is 47.7. The van der Waals surface area contributed by atoms with Gasteiger partial charge in [-0.1, -0.05) is 46.5 Å². The van der Waals surface area contributed by atoms with Gasteiger partial charge in [-0.15, -0.1) is 37.9 Å². The molecule has 0 aromatic rings. The van der Waals surface area contributed by atoms with Crippen LogP contribution in [-0.2, 0) is 21.7 Å². The summed E-state index contributed by atoms with van der Waals surface area (Å²) in [6.07, 6.45) is 0.875. The van der Waals surface area contributed by atoms with Gasteiger partial charge in [0.25, 0.3) is 0 Å². The van der Waals surface area contributed by atoms with Gasteiger partial charge in [-0.25, -0.2) is 0 Å². The van der Waals surface area contributed by atoms with Crippen LogP contribution < -0.4 is 0 Å². The fourth-order valence-corrected chi connectivity index (χ4v) is 0.591. The molecule has 0 bridgehead atoms. The maximum atomic E-state index is 7.88. The normalized spacial score (nSPS) is 8.25. The topological polar surface area (TPSA) is 34.3 Å². The quantitative estimate of drug-likeness (QED) is 0.768. The van der Waals surface area contributed by atoms with Gasteiger partial charge in [-0.05, 0) is 6.42 Å². The molecule has 0 atom stereocenters. The van der Waals surface area contributed by atoms with E-state index in [1.165, 1.54) is 0 Å². The van der Waals surface area contributed by atoms with E-state index in [0.717, 1.165) is 31.3 Å². The van der Waals surface area contributed by atoms with E-state index in [4.69, 9.17) is 5.11 Å². The maximum absolute atomic E-state index is 7.88. The fourth-order valence-electron chi connectivity index (χ4n) is 0.591. The van der Waals surface area contributed by atoms with E-state index >= 15 is 0 Å². The summed E-state index contributed by atoms with van der Waals surface area (Å²) in [5.41, 5.74) is 0. The molecule has 102 valence electrons. The third-order valence-corrected chi connectivity index (χ3v) is 1.21. The van der Waals surface area contributed by atoms with Crippen molar-refractivity contribution in [3.05, 3.63) is 5.32 Å². The number of aliphatic hydroxyl groups excluding tert-OH is 1. The van der Waals surface area contributed by atoms with Crippen LogP contribution in [0.3, 0.4) is 0 Å². The molecule has 1 N–H and O–H groups in total. The first kappa shape index (κ1) is 30.3. The van der Waals surface area contributed by atoms with E-state index in [1.54, 1.807) is 0 Å². The molecule has 0 saturated carbocycles. The summed E-state index contributed by atoms with van der Waals surface area (Å²) in [6.45, 7) is 13.1. The Hall–Kier alpha value is 1.21. The molecule has 0 amide bonds. The van der Waals surface area contributed by atoms with Gasteiger partial charge >= 0.3 is 0 Å². The van der Waals surface area contributed by atoms with E-state index in [9.17, 15) is 0 Å². The minimum Gasteiger partial charge on any atom is -0.662 e.